The maximum atomic E-state index is 11.8. The van der Waals surface area contributed by atoms with Gasteiger partial charge in [0.05, 0.1) is 18.4 Å². The molecule has 1 saturated heterocycles. The van der Waals surface area contributed by atoms with E-state index in [1.165, 1.54) is 0 Å². The lowest BCUT2D eigenvalue weighted by atomic mass is 10.2. The van der Waals surface area contributed by atoms with Gasteiger partial charge < -0.3 is 9.64 Å². The van der Waals surface area contributed by atoms with Crippen molar-refractivity contribution in [2.24, 2.45) is 0 Å². The Morgan fingerprint density at radius 2 is 2.00 bits per heavy atom. The average Bonchev–Trinajstić information content (AvgIpc) is 3.29. The summed E-state index contributed by atoms with van der Waals surface area (Å²) in [7, 11) is 0. The predicted octanol–water partition coefficient (Wildman–Crippen LogP) is 3.25. The molecule has 6 nitrogen and oxygen atoms in total. The molecule has 1 amide bonds. The zero-order chi connectivity index (χ0) is 17.1. The summed E-state index contributed by atoms with van der Waals surface area (Å²) in [5, 5.41) is 4.20. The first-order valence-corrected chi connectivity index (χ1v) is 8.28. The van der Waals surface area contributed by atoms with E-state index in [0.29, 0.717) is 12.3 Å². The molecule has 0 spiro atoms. The van der Waals surface area contributed by atoms with Crippen LogP contribution < -0.4 is 9.64 Å². The zero-order valence-corrected chi connectivity index (χ0v) is 13.7. The Hall–Kier alpha value is -3.15. The number of amides is 1. The van der Waals surface area contributed by atoms with Gasteiger partial charge in [-0.25, -0.2) is 4.98 Å². The Bertz CT molecular complexity index is 842. The van der Waals surface area contributed by atoms with Crippen molar-refractivity contribution in [2.75, 3.05) is 11.4 Å². The van der Waals surface area contributed by atoms with Crippen molar-refractivity contribution in [1.29, 1.82) is 0 Å². The number of aromatic nitrogens is 3. The first-order valence-electron chi connectivity index (χ1n) is 8.28. The Kier molecular flexibility index (Phi) is 4.16. The molecule has 1 aliphatic heterocycles. The summed E-state index contributed by atoms with van der Waals surface area (Å²) in [4.78, 5) is 17.8. The van der Waals surface area contributed by atoms with Gasteiger partial charge in [0.1, 0.15) is 5.75 Å². The van der Waals surface area contributed by atoms with E-state index in [0.717, 1.165) is 36.5 Å². The highest BCUT2D eigenvalue weighted by atomic mass is 16.5. The molecule has 0 N–H and O–H groups in total. The van der Waals surface area contributed by atoms with E-state index in [1.807, 2.05) is 47.3 Å². The average molecular weight is 334 g/mol. The van der Waals surface area contributed by atoms with Crippen molar-refractivity contribution < 1.29 is 9.53 Å². The molecule has 6 heteroatoms. The molecule has 1 fully saturated rings. The van der Waals surface area contributed by atoms with Crippen LogP contribution >= 0.6 is 0 Å². The van der Waals surface area contributed by atoms with Crippen LogP contribution in [0, 0.1) is 0 Å². The standard InChI is InChI=1S/C19H18N4O2/c24-19-3-1-12-23(19)16-6-9-18(20-13-16)25-17-7-4-15(5-8-17)14-22-11-2-10-21-22/h2,4-11,13H,1,3,12,14H2. The van der Waals surface area contributed by atoms with E-state index in [9.17, 15) is 4.79 Å². The molecule has 0 radical (unpaired) electrons. The van der Waals surface area contributed by atoms with Crippen LogP contribution in [0.15, 0.2) is 61.1 Å². The van der Waals surface area contributed by atoms with Crippen LogP contribution in [0.5, 0.6) is 11.6 Å². The van der Waals surface area contributed by atoms with E-state index in [2.05, 4.69) is 10.1 Å². The summed E-state index contributed by atoms with van der Waals surface area (Å²) >= 11 is 0. The third-order valence-corrected chi connectivity index (χ3v) is 4.16. The third kappa shape index (κ3) is 3.52. The molecule has 3 heterocycles. The summed E-state index contributed by atoms with van der Waals surface area (Å²) in [5.41, 5.74) is 1.97. The number of anilines is 1. The molecule has 0 atom stereocenters. The van der Waals surface area contributed by atoms with Crippen LogP contribution in [0.1, 0.15) is 18.4 Å². The smallest absolute Gasteiger partial charge is 0.227 e. The fraction of sp³-hybridized carbons (Fsp3) is 0.211. The summed E-state index contributed by atoms with van der Waals surface area (Å²) in [6.45, 7) is 1.49. The normalized spacial score (nSPS) is 14.1. The molecule has 2 aromatic heterocycles. The fourth-order valence-electron chi connectivity index (χ4n) is 2.88. The molecule has 25 heavy (non-hydrogen) atoms. The van der Waals surface area contributed by atoms with Gasteiger partial charge in [0.25, 0.3) is 0 Å². The minimum Gasteiger partial charge on any atom is -0.439 e. The van der Waals surface area contributed by atoms with Crippen molar-refractivity contribution >= 4 is 11.6 Å². The quantitative estimate of drug-likeness (QED) is 0.719. The molecule has 0 unspecified atom stereocenters. The lowest BCUT2D eigenvalue weighted by Crippen LogP contribution is -2.23. The number of hydrogen-bond donors (Lipinski definition) is 0. The largest absolute Gasteiger partial charge is 0.439 e. The molecular formula is C19H18N4O2. The first-order chi connectivity index (χ1) is 12.3. The van der Waals surface area contributed by atoms with Gasteiger partial charge in [-0.1, -0.05) is 12.1 Å². The van der Waals surface area contributed by atoms with Gasteiger partial charge in [0.15, 0.2) is 0 Å². The van der Waals surface area contributed by atoms with Crippen LogP contribution in [0.3, 0.4) is 0 Å². The summed E-state index contributed by atoms with van der Waals surface area (Å²) in [6, 6.07) is 13.4. The van der Waals surface area contributed by atoms with E-state index >= 15 is 0 Å². The molecule has 1 aliphatic rings. The van der Waals surface area contributed by atoms with Crippen LogP contribution in [0.25, 0.3) is 0 Å². The molecule has 1 aromatic carbocycles. The zero-order valence-electron chi connectivity index (χ0n) is 13.7. The molecule has 0 aliphatic carbocycles. The highest BCUT2D eigenvalue weighted by Gasteiger charge is 2.21. The van der Waals surface area contributed by atoms with Crippen LogP contribution in [0.2, 0.25) is 0 Å². The van der Waals surface area contributed by atoms with Gasteiger partial charge >= 0.3 is 0 Å². The molecule has 4 rings (SSSR count). The summed E-state index contributed by atoms with van der Waals surface area (Å²) in [5.74, 6) is 1.39. The Morgan fingerprint density at radius 3 is 2.64 bits per heavy atom. The number of carbonyl (C=O) groups is 1. The van der Waals surface area contributed by atoms with Crippen LogP contribution in [0.4, 0.5) is 5.69 Å². The minimum absolute atomic E-state index is 0.156. The number of benzene rings is 1. The van der Waals surface area contributed by atoms with Crippen LogP contribution in [-0.4, -0.2) is 27.2 Å². The SMILES string of the molecule is O=C1CCCN1c1ccc(Oc2ccc(Cn3cccn3)cc2)nc1. The second-order valence-electron chi connectivity index (χ2n) is 5.95. The van der Waals surface area contributed by atoms with E-state index in [-0.39, 0.29) is 5.91 Å². The van der Waals surface area contributed by atoms with E-state index in [4.69, 9.17) is 4.74 Å². The van der Waals surface area contributed by atoms with Crippen molar-refractivity contribution in [2.45, 2.75) is 19.4 Å². The predicted molar refractivity (Wildman–Crippen MR) is 93.7 cm³/mol. The van der Waals surface area contributed by atoms with Crippen molar-refractivity contribution in [1.82, 2.24) is 14.8 Å². The molecule has 0 bridgehead atoms. The number of hydrogen-bond acceptors (Lipinski definition) is 4. The van der Waals surface area contributed by atoms with E-state index in [1.54, 1.807) is 23.4 Å². The number of ether oxygens (including phenoxy) is 1. The van der Waals surface area contributed by atoms with Gasteiger partial charge in [-0.05, 0) is 36.2 Å². The number of rotatable bonds is 5. The lowest BCUT2D eigenvalue weighted by molar-refractivity contribution is -0.117. The van der Waals surface area contributed by atoms with Gasteiger partial charge in [0.2, 0.25) is 11.8 Å². The second kappa shape index (κ2) is 6.76. The Labute approximate surface area is 145 Å². The fourth-order valence-corrected chi connectivity index (χ4v) is 2.88. The summed E-state index contributed by atoms with van der Waals surface area (Å²) < 4.78 is 7.65. The van der Waals surface area contributed by atoms with Gasteiger partial charge in [-0.3, -0.25) is 9.48 Å². The molecule has 3 aromatic rings. The highest BCUT2D eigenvalue weighted by Crippen LogP contribution is 2.24. The Morgan fingerprint density at radius 1 is 1.12 bits per heavy atom. The van der Waals surface area contributed by atoms with Crippen molar-refractivity contribution in [3.05, 3.63) is 66.6 Å². The monoisotopic (exact) mass is 334 g/mol. The number of carbonyl (C=O) groups excluding carboxylic acids is 1. The highest BCUT2D eigenvalue weighted by molar-refractivity contribution is 5.95. The molecular weight excluding hydrogens is 316 g/mol. The Balaban J connectivity index is 1.40. The van der Waals surface area contributed by atoms with Crippen LogP contribution in [-0.2, 0) is 11.3 Å². The maximum Gasteiger partial charge on any atom is 0.227 e. The molecule has 0 saturated carbocycles. The van der Waals surface area contributed by atoms with Crippen molar-refractivity contribution in [3.8, 4) is 11.6 Å². The van der Waals surface area contributed by atoms with E-state index < -0.39 is 0 Å². The molecule has 126 valence electrons. The topological polar surface area (TPSA) is 60.2 Å². The third-order valence-electron chi connectivity index (χ3n) is 4.16. The van der Waals surface area contributed by atoms with Gasteiger partial charge in [-0.2, -0.15) is 5.10 Å². The summed E-state index contributed by atoms with van der Waals surface area (Å²) in [6.07, 6.45) is 6.90. The first kappa shape index (κ1) is 15.4. The minimum atomic E-state index is 0.156. The lowest BCUT2D eigenvalue weighted by Gasteiger charge is -2.15. The maximum absolute atomic E-state index is 11.8. The second-order valence-corrected chi connectivity index (χ2v) is 5.95. The van der Waals surface area contributed by atoms with Gasteiger partial charge in [0, 0.05) is 31.4 Å². The number of nitrogens with zero attached hydrogens (tertiary/aromatic N) is 4. The van der Waals surface area contributed by atoms with Crippen molar-refractivity contribution in [3.63, 3.8) is 0 Å². The van der Waals surface area contributed by atoms with Gasteiger partial charge in [-0.15, -0.1) is 0 Å². The number of pyridine rings is 1.